The Morgan fingerprint density at radius 1 is 1.41 bits per heavy atom. The van der Waals surface area contributed by atoms with E-state index in [0.29, 0.717) is 17.2 Å². The zero-order valence-corrected chi connectivity index (χ0v) is 12.8. The summed E-state index contributed by atoms with van der Waals surface area (Å²) in [6.45, 7) is 0.352. The van der Waals surface area contributed by atoms with Gasteiger partial charge in [0.1, 0.15) is 5.58 Å². The topological polar surface area (TPSA) is 59.5 Å². The molecule has 1 amide bonds. The molecule has 0 aliphatic heterocycles. The van der Waals surface area contributed by atoms with E-state index in [0.717, 1.165) is 16.0 Å². The number of hydrogen-bond acceptors (Lipinski definition) is 4. The Kier molecular flexibility index (Phi) is 3.13. The fourth-order valence-electron chi connectivity index (χ4n) is 2.25. The number of fused-ring (bicyclic) bond motifs is 2. The molecular weight excluding hydrogens is 322 g/mol. The number of hydrogen-bond donors (Lipinski definition) is 1. The maximum atomic E-state index is 12.2. The summed E-state index contributed by atoms with van der Waals surface area (Å²) in [4.78, 5) is 17.5. The summed E-state index contributed by atoms with van der Waals surface area (Å²) in [5.41, 5.74) is 1.44. The van der Waals surface area contributed by atoms with Crippen molar-refractivity contribution < 1.29 is 9.21 Å². The van der Waals surface area contributed by atoms with Gasteiger partial charge in [0.05, 0.1) is 12.2 Å². The molecule has 5 nitrogen and oxygen atoms in total. The number of carbonyl (C=O) groups is 1. The third-order valence-corrected chi connectivity index (χ3v) is 4.28. The minimum absolute atomic E-state index is 0.262. The summed E-state index contributed by atoms with van der Waals surface area (Å²) in [6, 6.07) is 6.92. The van der Waals surface area contributed by atoms with Crippen LogP contribution in [0.3, 0.4) is 0 Å². The standard InChI is InChI=1S/C15H10ClN3O2S/c16-10-1-2-12-9(5-10)6-13(21-12)14(20)17-7-11-8-19-3-4-22-15(19)18-11/h1-6,8H,7H2,(H,17,20). The molecule has 110 valence electrons. The van der Waals surface area contributed by atoms with E-state index in [1.807, 2.05) is 22.2 Å². The molecule has 4 aromatic rings. The number of imidazole rings is 1. The maximum absolute atomic E-state index is 12.2. The lowest BCUT2D eigenvalue weighted by Crippen LogP contribution is -2.22. The average molecular weight is 332 g/mol. The number of furan rings is 1. The number of amides is 1. The summed E-state index contributed by atoms with van der Waals surface area (Å²) in [5, 5.41) is 6.18. The van der Waals surface area contributed by atoms with Gasteiger partial charge in [-0.05, 0) is 24.3 Å². The largest absolute Gasteiger partial charge is 0.451 e. The van der Waals surface area contributed by atoms with E-state index >= 15 is 0 Å². The average Bonchev–Trinajstić information content (AvgIpc) is 3.17. The van der Waals surface area contributed by atoms with Crippen LogP contribution in [0.4, 0.5) is 0 Å². The SMILES string of the molecule is O=C(NCc1cn2ccsc2n1)c1cc2cc(Cl)ccc2o1. The molecule has 0 aliphatic rings. The Morgan fingerprint density at radius 3 is 3.18 bits per heavy atom. The number of carbonyl (C=O) groups excluding carboxylic acids is 1. The van der Waals surface area contributed by atoms with Gasteiger partial charge in [-0.25, -0.2) is 4.98 Å². The highest BCUT2D eigenvalue weighted by molar-refractivity contribution is 7.15. The van der Waals surface area contributed by atoms with E-state index in [9.17, 15) is 4.79 Å². The molecule has 0 fully saturated rings. The second-order valence-corrected chi connectivity index (χ2v) is 6.11. The molecule has 0 atom stereocenters. The van der Waals surface area contributed by atoms with Crippen molar-refractivity contribution in [1.29, 1.82) is 0 Å². The van der Waals surface area contributed by atoms with E-state index in [2.05, 4.69) is 10.3 Å². The Bertz CT molecular complexity index is 957. The number of nitrogens with zero attached hydrogens (tertiary/aromatic N) is 2. The molecule has 0 aliphatic carbocycles. The fourth-order valence-corrected chi connectivity index (χ4v) is 3.14. The predicted octanol–water partition coefficient (Wildman–Crippen LogP) is 3.73. The fraction of sp³-hybridized carbons (Fsp3) is 0.0667. The maximum Gasteiger partial charge on any atom is 0.287 e. The Labute approximate surface area is 134 Å². The first kappa shape index (κ1) is 13.4. The number of aromatic nitrogens is 2. The number of benzene rings is 1. The molecule has 3 heterocycles. The minimum Gasteiger partial charge on any atom is -0.451 e. The van der Waals surface area contributed by atoms with E-state index in [1.54, 1.807) is 35.6 Å². The first-order valence-electron chi connectivity index (χ1n) is 6.57. The van der Waals surface area contributed by atoms with Crippen molar-refractivity contribution in [1.82, 2.24) is 14.7 Å². The van der Waals surface area contributed by atoms with Gasteiger partial charge in [0.2, 0.25) is 0 Å². The zero-order chi connectivity index (χ0) is 15.1. The monoisotopic (exact) mass is 331 g/mol. The molecule has 4 rings (SSSR count). The molecule has 0 radical (unpaired) electrons. The third kappa shape index (κ3) is 2.36. The van der Waals surface area contributed by atoms with E-state index in [1.165, 1.54) is 0 Å². The summed E-state index contributed by atoms with van der Waals surface area (Å²) in [5.74, 6) is -0.0121. The van der Waals surface area contributed by atoms with Crippen molar-refractivity contribution in [2.45, 2.75) is 6.54 Å². The molecule has 0 saturated carbocycles. The summed E-state index contributed by atoms with van der Waals surface area (Å²) in [6.07, 6.45) is 3.83. The van der Waals surface area contributed by atoms with Crippen LogP contribution >= 0.6 is 22.9 Å². The van der Waals surface area contributed by atoms with Gasteiger partial charge < -0.3 is 9.73 Å². The van der Waals surface area contributed by atoms with Crippen LogP contribution in [0.1, 0.15) is 16.2 Å². The Balaban J connectivity index is 1.51. The van der Waals surface area contributed by atoms with Crippen molar-refractivity contribution in [3.05, 3.63) is 58.5 Å². The highest BCUT2D eigenvalue weighted by atomic mass is 35.5. The third-order valence-electron chi connectivity index (χ3n) is 3.28. The van der Waals surface area contributed by atoms with Crippen LogP contribution in [0.25, 0.3) is 15.9 Å². The number of thiazole rings is 1. The molecule has 1 aromatic carbocycles. The van der Waals surface area contributed by atoms with Gasteiger partial charge in [0.15, 0.2) is 10.7 Å². The highest BCUT2D eigenvalue weighted by Gasteiger charge is 2.13. The smallest absolute Gasteiger partial charge is 0.287 e. The van der Waals surface area contributed by atoms with Crippen LogP contribution in [-0.4, -0.2) is 15.3 Å². The van der Waals surface area contributed by atoms with Crippen LogP contribution in [0.2, 0.25) is 5.02 Å². The van der Waals surface area contributed by atoms with Crippen LogP contribution < -0.4 is 5.32 Å². The van der Waals surface area contributed by atoms with Crippen LogP contribution in [0.15, 0.2) is 46.5 Å². The van der Waals surface area contributed by atoms with Crippen LogP contribution in [-0.2, 0) is 6.54 Å². The Hall–Kier alpha value is -2.31. The molecule has 7 heteroatoms. The van der Waals surface area contributed by atoms with Crippen LogP contribution in [0, 0.1) is 0 Å². The van der Waals surface area contributed by atoms with Gasteiger partial charge in [-0.15, -0.1) is 11.3 Å². The number of rotatable bonds is 3. The number of nitrogens with one attached hydrogen (secondary N) is 1. The molecule has 22 heavy (non-hydrogen) atoms. The lowest BCUT2D eigenvalue weighted by molar-refractivity contribution is 0.0925. The molecule has 0 spiro atoms. The van der Waals surface area contributed by atoms with Gasteiger partial charge in [-0.2, -0.15) is 0 Å². The van der Waals surface area contributed by atoms with Gasteiger partial charge >= 0.3 is 0 Å². The van der Waals surface area contributed by atoms with Gasteiger partial charge in [0, 0.05) is 28.2 Å². The van der Waals surface area contributed by atoms with Crippen LogP contribution in [0.5, 0.6) is 0 Å². The summed E-state index contributed by atoms with van der Waals surface area (Å²) in [7, 11) is 0. The highest BCUT2D eigenvalue weighted by Crippen LogP contribution is 2.23. The van der Waals surface area contributed by atoms with Gasteiger partial charge in [-0.1, -0.05) is 11.6 Å². The lowest BCUT2D eigenvalue weighted by atomic mass is 10.2. The van der Waals surface area contributed by atoms with Crippen molar-refractivity contribution in [2.75, 3.05) is 0 Å². The second kappa shape index (κ2) is 5.15. The predicted molar refractivity (Wildman–Crippen MR) is 85.5 cm³/mol. The van der Waals surface area contributed by atoms with E-state index in [-0.39, 0.29) is 11.7 Å². The quantitative estimate of drug-likeness (QED) is 0.622. The normalized spacial score (nSPS) is 11.3. The second-order valence-electron chi connectivity index (χ2n) is 4.80. The number of halogens is 1. The minimum atomic E-state index is -0.274. The molecule has 1 N–H and O–H groups in total. The van der Waals surface area contributed by atoms with Crippen molar-refractivity contribution in [3.63, 3.8) is 0 Å². The van der Waals surface area contributed by atoms with Crippen molar-refractivity contribution >= 4 is 44.8 Å². The van der Waals surface area contributed by atoms with Gasteiger partial charge in [-0.3, -0.25) is 9.20 Å². The molecule has 0 saturated heterocycles. The van der Waals surface area contributed by atoms with E-state index in [4.69, 9.17) is 16.0 Å². The van der Waals surface area contributed by atoms with Gasteiger partial charge in [0.25, 0.3) is 5.91 Å². The van der Waals surface area contributed by atoms with E-state index < -0.39 is 0 Å². The molecule has 0 unspecified atom stereocenters. The van der Waals surface area contributed by atoms with Crippen molar-refractivity contribution in [2.24, 2.45) is 0 Å². The molecular formula is C15H10ClN3O2S. The Morgan fingerprint density at radius 2 is 2.32 bits per heavy atom. The molecule has 3 aromatic heterocycles. The first-order chi connectivity index (χ1) is 10.7. The lowest BCUT2D eigenvalue weighted by Gasteiger charge is -1.99. The first-order valence-corrected chi connectivity index (χ1v) is 7.83. The van der Waals surface area contributed by atoms with Crippen molar-refractivity contribution in [3.8, 4) is 0 Å². The zero-order valence-electron chi connectivity index (χ0n) is 11.2. The molecule has 0 bridgehead atoms. The summed E-state index contributed by atoms with van der Waals surface area (Å²) >= 11 is 7.48. The summed E-state index contributed by atoms with van der Waals surface area (Å²) < 4.78 is 7.45.